The lowest BCUT2D eigenvalue weighted by molar-refractivity contribution is 0.685. The summed E-state index contributed by atoms with van der Waals surface area (Å²) in [4.78, 5) is 6.81. The minimum atomic E-state index is 0.739. The van der Waals surface area contributed by atoms with Crippen LogP contribution in [0.2, 0.25) is 0 Å². The van der Waals surface area contributed by atoms with Gasteiger partial charge in [-0.2, -0.15) is 0 Å². The van der Waals surface area contributed by atoms with E-state index in [4.69, 9.17) is 0 Å². The Morgan fingerprint density at radius 1 is 1.31 bits per heavy atom. The maximum absolute atomic E-state index is 4.52. The molecule has 1 aromatic rings. The summed E-state index contributed by atoms with van der Waals surface area (Å²) in [7, 11) is 2.14. The molecule has 16 heavy (non-hydrogen) atoms. The van der Waals surface area contributed by atoms with E-state index >= 15 is 0 Å². The van der Waals surface area contributed by atoms with E-state index < -0.39 is 0 Å². The van der Waals surface area contributed by atoms with Crippen LogP contribution >= 0.6 is 0 Å². The van der Waals surface area contributed by atoms with Crippen molar-refractivity contribution in [3.05, 3.63) is 23.9 Å². The Morgan fingerprint density at radius 3 is 2.69 bits per heavy atom. The summed E-state index contributed by atoms with van der Waals surface area (Å²) in [6, 6.07) is 5.84. The van der Waals surface area contributed by atoms with E-state index in [1.165, 1.54) is 31.2 Å². The molecule has 2 fully saturated rings. The largest absolute Gasteiger partial charge is 0.357 e. The van der Waals surface area contributed by atoms with Crippen molar-refractivity contribution < 1.29 is 0 Å². The number of hydrogen-bond acceptors (Lipinski definition) is 3. The number of nitrogens with zero attached hydrogens (tertiary/aromatic N) is 2. The first kappa shape index (κ1) is 10.1. The summed E-state index contributed by atoms with van der Waals surface area (Å²) < 4.78 is 0. The molecule has 0 unspecified atom stereocenters. The molecule has 2 aliphatic carbocycles. The second-order valence-electron chi connectivity index (χ2n) is 5.02. The molecule has 3 nitrogen and oxygen atoms in total. The zero-order chi connectivity index (χ0) is 11.0. The van der Waals surface area contributed by atoms with E-state index in [0.29, 0.717) is 0 Å². The van der Waals surface area contributed by atoms with E-state index in [2.05, 4.69) is 34.4 Å². The van der Waals surface area contributed by atoms with Gasteiger partial charge in [0.1, 0.15) is 5.82 Å². The van der Waals surface area contributed by atoms with Crippen molar-refractivity contribution in [2.75, 3.05) is 11.9 Å². The van der Waals surface area contributed by atoms with Crippen molar-refractivity contribution in [2.24, 2.45) is 0 Å². The fraction of sp³-hybridized carbons (Fsp3) is 0.615. The van der Waals surface area contributed by atoms with Crippen LogP contribution in [-0.4, -0.2) is 24.1 Å². The van der Waals surface area contributed by atoms with E-state index in [1.54, 1.807) is 0 Å². The molecule has 3 heteroatoms. The zero-order valence-corrected chi connectivity index (χ0v) is 9.82. The molecule has 0 spiro atoms. The van der Waals surface area contributed by atoms with E-state index in [0.717, 1.165) is 24.4 Å². The molecule has 1 aromatic heterocycles. The van der Waals surface area contributed by atoms with Gasteiger partial charge in [0.05, 0.1) is 0 Å². The van der Waals surface area contributed by atoms with Gasteiger partial charge in [0, 0.05) is 31.9 Å². The first-order valence-electron chi connectivity index (χ1n) is 6.24. The molecule has 0 amide bonds. The Morgan fingerprint density at radius 2 is 2.12 bits per heavy atom. The number of hydrogen-bond donors (Lipinski definition) is 1. The third-order valence-electron chi connectivity index (χ3n) is 3.44. The van der Waals surface area contributed by atoms with Gasteiger partial charge < -0.3 is 10.2 Å². The molecule has 0 radical (unpaired) electrons. The van der Waals surface area contributed by atoms with Crippen LogP contribution in [0, 0.1) is 0 Å². The molecule has 0 atom stereocenters. The van der Waals surface area contributed by atoms with Crippen LogP contribution in [0.15, 0.2) is 18.3 Å². The molecule has 1 heterocycles. The summed E-state index contributed by atoms with van der Waals surface area (Å²) >= 11 is 0. The SMILES string of the molecule is CN(c1ccc(CNC2CC2)cn1)C1CC1. The lowest BCUT2D eigenvalue weighted by Crippen LogP contribution is -2.21. The van der Waals surface area contributed by atoms with Crippen molar-refractivity contribution in [3.8, 4) is 0 Å². The van der Waals surface area contributed by atoms with Crippen LogP contribution in [0.4, 0.5) is 5.82 Å². The monoisotopic (exact) mass is 217 g/mol. The normalized spacial score (nSPS) is 19.8. The highest BCUT2D eigenvalue weighted by molar-refractivity contribution is 5.41. The van der Waals surface area contributed by atoms with Gasteiger partial charge in [0.25, 0.3) is 0 Å². The average molecular weight is 217 g/mol. The molecule has 0 saturated heterocycles. The Balaban J connectivity index is 1.59. The quantitative estimate of drug-likeness (QED) is 0.817. The van der Waals surface area contributed by atoms with Gasteiger partial charge in [-0.05, 0) is 37.3 Å². The number of rotatable bonds is 5. The molecule has 3 rings (SSSR count). The predicted octanol–water partition coefficient (Wildman–Crippen LogP) is 1.93. The molecule has 0 aliphatic heterocycles. The van der Waals surface area contributed by atoms with Crippen molar-refractivity contribution in [1.29, 1.82) is 0 Å². The number of aromatic nitrogens is 1. The Bertz CT molecular complexity index is 352. The molecule has 0 bridgehead atoms. The van der Waals surface area contributed by atoms with Gasteiger partial charge in [0.2, 0.25) is 0 Å². The van der Waals surface area contributed by atoms with Gasteiger partial charge in [-0.25, -0.2) is 4.98 Å². The van der Waals surface area contributed by atoms with Gasteiger partial charge >= 0.3 is 0 Å². The predicted molar refractivity (Wildman–Crippen MR) is 65.5 cm³/mol. The van der Waals surface area contributed by atoms with Gasteiger partial charge in [0.15, 0.2) is 0 Å². The average Bonchev–Trinajstić information content (AvgIpc) is 3.19. The first-order valence-corrected chi connectivity index (χ1v) is 6.24. The molecule has 2 aliphatic rings. The highest BCUT2D eigenvalue weighted by atomic mass is 15.2. The van der Waals surface area contributed by atoms with Crippen molar-refractivity contribution >= 4 is 5.82 Å². The van der Waals surface area contributed by atoms with E-state index in [1.807, 2.05) is 6.20 Å². The summed E-state index contributed by atoms with van der Waals surface area (Å²) in [6.07, 6.45) is 7.34. The number of pyridine rings is 1. The molecule has 2 saturated carbocycles. The number of nitrogens with one attached hydrogen (secondary N) is 1. The fourth-order valence-electron chi connectivity index (χ4n) is 1.93. The van der Waals surface area contributed by atoms with E-state index in [9.17, 15) is 0 Å². The van der Waals surface area contributed by atoms with Gasteiger partial charge in [-0.3, -0.25) is 0 Å². The Hall–Kier alpha value is -1.09. The third kappa shape index (κ3) is 2.35. The first-order chi connectivity index (χ1) is 7.83. The maximum Gasteiger partial charge on any atom is 0.128 e. The van der Waals surface area contributed by atoms with Crippen LogP contribution in [-0.2, 0) is 6.54 Å². The van der Waals surface area contributed by atoms with Gasteiger partial charge in [-0.1, -0.05) is 6.07 Å². The van der Waals surface area contributed by atoms with Crippen LogP contribution in [0.5, 0.6) is 0 Å². The second-order valence-corrected chi connectivity index (χ2v) is 5.02. The molecule has 86 valence electrons. The highest BCUT2D eigenvalue weighted by Gasteiger charge is 2.27. The topological polar surface area (TPSA) is 28.2 Å². The number of anilines is 1. The highest BCUT2D eigenvalue weighted by Crippen LogP contribution is 2.28. The Kier molecular flexibility index (Phi) is 2.56. The summed E-state index contributed by atoms with van der Waals surface area (Å²) in [6.45, 7) is 0.963. The van der Waals surface area contributed by atoms with E-state index in [-0.39, 0.29) is 0 Å². The molecular formula is C13H19N3. The molecule has 1 N–H and O–H groups in total. The standard InChI is InChI=1S/C13H19N3/c1-16(12-5-6-12)13-7-2-10(9-15-13)8-14-11-3-4-11/h2,7,9,11-12,14H,3-6,8H2,1H3. The van der Waals surface area contributed by atoms with Crippen molar-refractivity contribution in [1.82, 2.24) is 10.3 Å². The zero-order valence-electron chi connectivity index (χ0n) is 9.82. The summed E-state index contributed by atoms with van der Waals surface area (Å²) in [5.41, 5.74) is 1.29. The van der Waals surface area contributed by atoms with Gasteiger partial charge in [-0.15, -0.1) is 0 Å². The smallest absolute Gasteiger partial charge is 0.128 e. The Labute approximate surface area is 96.9 Å². The van der Waals surface area contributed by atoms with Crippen molar-refractivity contribution in [3.63, 3.8) is 0 Å². The lowest BCUT2D eigenvalue weighted by atomic mass is 10.2. The van der Waals surface area contributed by atoms with Crippen molar-refractivity contribution in [2.45, 2.75) is 44.3 Å². The summed E-state index contributed by atoms with van der Waals surface area (Å²) in [5.74, 6) is 1.11. The molecule has 0 aromatic carbocycles. The lowest BCUT2D eigenvalue weighted by Gasteiger charge is -2.17. The van der Waals surface area contributed by atoms with Crippen LogP contribution in [0.1, 0.15) is 31.2 Å². The van der Waals surface area contributed by atoms with Crippen LogP contribution < -0.4 is 10.2 Å². The summed E-state index contributed by atoms with van der Waals surface area (Å²) in [5, 5.41) is 3.50. The third-order valence-corrected chi connectivity index (χ3v) is 3.44. The minimum Gasteiger partial charge on any atom is -0.357 e. The maximum atomic E-state index is 4.52. The second kappa shape index (κ2) is 4.06. The fourth-order valence-corrected chi connectivity index (χ4v) is 1.93. The van der Waals surface area contributed by atoms with Crippen LogP contribution in [0.3, 0.4) is 0 Å². The minimum absolute atomic E-state index is 0.739. The van der Waals surface area contributed by atoms with Crippen LogP contribution in [0.25, 0.3) is 0 Å². The molecular weight excluding hydrogens is 198 g/mol.